The minimum absolute atomic E-state index is 0.465. The Morgan fingerprint density at radius 2 is 1.79 bits per heavy atom. The van der Waals surface area contributed by atoms with Crippen molar-refractivity contribution in [3.8, 4) is 17.1 Å². The highest BCUT2D eigenvalue weighted by Gasteiger charge is 2.17. The fraction of sp³-hybridized carbons (Fsp3) is 0.174. The molecule has 140 valence electrons. The SMILES string of the molecule is CC(C)c1cccc(-c2nnc(SCc3cccnc3)n2-c2ccccc2)c1. The first-order valence-electron chi connectivity index (χ1n) is 9.35. The number of thioether (sulfide) groups is 1. The molecule has 0 radical (unpaired) electrons. The largest absolute Gasteiger partial charge is 0.270 e. The summed E-state index contributed by atoms with van der Waals surface area (Å²) in [6.07, 6.45) is 3.68. The maximum atomic E-state index is 4.55. The quantitative estimate of drug-likeness (QED) is 0.396. The van der Waals surface area contributed by atoms with Gasteiger partial charge < -0.3 is 0 Å². The molecule has 0 amide bonds. The Labute approximate surface area is 169 Å². The van der Waals surface area contributed by atoms with Crippen LogP contribution in [0.4, 0.5) is 0 Å². The molecule has 2 aromatic carbocycles. The Morgan fingerprint density at radius 1 is 0.929 bits per heavy atom. The molecule has 0 atom stereocenters. The molecule has 0 aliphatic carbocycles. The Bertz CT molecular complexity index is 1040. The summed E-state index contributed by atoms with van der Waals surface area (Å²) >= 11 is 1.67. The summed E-state index contributed by atoms with van der Waals surface area (Å²) in [5.41, 5.74) is 4.60. The van der Waals surface area contributed by atoms with Crippen LogP contribution in [0.1, 0.15) is 30.9 Å². The highest BCUT2D eigenvalue weighted by molar-refractivity contribution is 7.98. The summed E-state index contributed by atoms with van der Waals surface area (Å²) in [6, 6.07) is 22.9. The Morgan fingerprint density at radius 3 is 2.54 bits per heavy atom. The van der Waals surface area contributed by atoms with Gasteiger partial charge in [-0.25, -0.2) is 0 Å². The van der Waals surface area contributed by atoms with Gasteiger partial charge in [-0.15, -0.1) is 10.2 Å². The summed E-state index contributed by atoms with van der Waals surface area (Å²) in [7, 11) is 0. The zero-order valence-corrected chi connectivity index (χ0v) is 16.8. The van der Waals surface area contributed by atoms with Crippen molar-refractivity contribution in [1.29, 1.82) is 0 Å². The average Bonchev–Trinajstić information content (AvgIpc) is 3.18. The summed E-state index contributed by atoms with van der Waals surface area (Å²) < 4.78 is 2.14. The van der Waals surface area contributed by atoms with Crippen molar-refractivity contribution < 1.29 is 0 Å². The molecular weight excluding hydrogens is 364 g/mol. The van der Waals surface area contributed by atoms with Gasteiger partial charge in [0, 0.05) is 29.4 Å². The van der Waals surface area contributed by atoms with Crippen LogP contribution in [-0.4, -0.2) is 19.7 Å². The van der Waals surface area contributed by atoms with Crippen LogP contribution in [0.3, 0.4) is 0 Å². The molecule has 0 fully saturated rings. The molecule has 0 N–H and O–H groups in total. The van der Waals surface area contributed by atoms with Gasteiger partial charge in [0.1, 0.15) is 0 Å². The molecule has 0 spiro atoms. The smallest absolute Gasteiger partial charge is 0.196 e. The van der Waals surface area contributed by atoms with E-state index in [0.717, 1.165) is 28.0 Å². The van der Waals surface area contributed by atoms with Gasteiger partial charge in [-0.2, -0.15) is 0 Å². The number of hydrogen-bond acceptors (Lipinski definition) is 4. The highest BCUT2D eigenvalue weighted by Crippen LogP contribution is 2.30. The topological polar surface area (TPSA) is 43.6 Å². The summed E-state index contributed by atoms with van der Waals surface area (Å²) in [5.74, 6) is 2.13. The summed E-state index contributed by atoms with van der Waals surface area (Å²) in [5, 5.41) is 9.94. The lowest BCUT2D eigenvalue weighted by atomic mass is 10.0. The van der Waals surface area contributed by atoms with E-state index in [2.05, 4.69) is 76.1 Å². The monoisotopic (exact) mass is 386 g/mol. The maximum absolute atomic E-state index is 4.55. The minimum Gasteiger partial charge on any atom is -0.270 e. The van der Waals surface area contributed by atoms with Crippen molar-refractivity contribution in [2.45, 2.75) is 30.7 Å². The predicted octanol–water partition coefficient (Wildman–Crippen LogP) is 5.75. The van der Waals surface area contributed by atoms with Crippen molar-refractivity contribution >= 4 is 11.8 Å². The van der Waals surface area contributed by atoms with Crippen LogP contribution in [0.2, 0.25) is 0 Å². The first kappa shape index (κ1) is 18.4. The molecule has 0 aliphatic rings. The van der Waals surface area contributed by atoms with Crippen LogP contribution >= 0.6 is 11.8 Å². The van der Waals surface area contributed by atoms with Crippen molar-refractivity contribution in [2.75, 3.05) is 0 Å². The van der Waals surface area contributed by atoms with E-state index in [9.17, 15) is 0 Å². The van der Waals surface area contributed by atoms with E-state index in [4.69, 9.17) is 0 Å². The van der Waals surface area contributed by atoms with Gasteiger partial charge in [-0.05, 0) is 41.3 Å². The lowest BCUT2D eigenvalue weighted by molar-refractivity contribution is 0.865. The Hall–Kier alpha value is -2.92. The van der Waals surface area contributed by atoms with Crippen molar-refractivity contribution in [3.63, 3.8) is 0 Å². The molecule has 2 heterocycles. The van der Waals surface area contributed by atoms with Crippen LogP contribution < -0.4 is 0 Å². The van der Waals surface area contributed by atoms with Gasteiger partial charge in [0.05, 0.1) is 0 Å². The lowest BCUT2D eigenvalue weighted by Crippen LogP contribution is -2.00. The number of nitrogens with zero attached hydrogens (tertiary/aromatic N) is 4. The molecule has 4 nitrogen and oxygen atoms in total. The zero-order valence-electron chi connectivity index (χ0n) is 16.0. The van der Waals surface area contributed by atoms with E-state index >= 15 is 0 Å². The average molecular weight is 387 g/mol. The third kappa shape index (κ3) is 3.99. The van der Waals surface area contributed by atoms with Crippen LogP contribution in [0, 0.1) is 0 Å². The number of rotatable bonds is 6. The highest BCUT2D eigenvalue weighted by atomic mass is 32.2. The second-order valence-corrected chi connectivity index (χ2v) is 7.85. The fourth-order valence-corrected chi connectivity index (χ4v) is 3.91. The van der Waals surface area contributed by atoms with Crippen molar-refractivity contribution in [3.05, 3.63) is 90.3 Å². The molecule has 0 unspecified atom stereocenters. The van der Waals surface area contributed by atoms with Crippen molar-refractivity contribution in [1.82, 2.24) is 19.7 Å². The number of pyridine rings is 1. The summed E-state index contributed by atoms with van der Waals surface area (Å²) in [6.45, 7) is 4.41. The van der Waals surface area contributed by atoms with Gasteiger partial charge in [0.2, 0.25) is 0 Å². The third-order valence-electron chi connectivity index (χ3n) is 4.55. The minimum atomic E-state index is 0.465. The van der Waals surface area contributed by atoms with Crippen LogP contribution in [0.5, 0.6) is 0 Å². The third-order valence-corrected chi connectivity index (χ3v) is 5.55. The Balaban J connectivity index is 1.75. The molecule has 0 aliphatic heterocycles. The van der Waals surface area contributed by atoms with Gasteiger partial charge in [-0.1, -0.05) is 68.1 Å². The number of hydrogen-bond donors (Lipinski definition) is 0. The molecule has 4 aromatic rings. The van der Waals surface area contributed by atoms with E-state index in [1.807, 2.05) is 30.5 Å². The molecule has 0 saturated heterocycles. The van der Waals surface area contributed by atoms with Gasteiger partial charge >= 0.3 is 0 Å². The van der Waals surface area contributed by atoms with Gasteiger partial charge in [0.15, 0.2) is 11.0 Å². The second kappa shape index (κ2) is 8.40. The van der Waals surface area contributed by atoms with Crippen LogP contribution in [-0.2, 0) is 5.75 Å². The molecule has 5 heteroatoms. The van der Waals surface area contributed by atoms with Crippen LogP contribution in [0.15, 0.2) is 84.3 Å². The second-order valence-electron chi connectivity index (χ2n) is 6.91. The molecule has 28 heavy (non-hydrogen) atoms. The van der Waals surface area contributed by atoms with E-state index in [1.165, 1.54) is 11.1 Å². The molecule has 2 aromatic heterocycles. The Kier molecular flexibility index (Phi) is 5.53. The first-order chi connectivity index (χ1) is 13.7. The zero-order chi connectivity index (χ0) is 19.3. The lowest BCUT2D eigenvalue weighted by Gasteiger charge is -2.12. The van der Waals surface area contributed by atoms with E-state index in [0.29, 0.717) is 5.92 Å². The molecule has 0 bridgehead atoms. The number of benzene rings is 2. The first-order valence-corrected chi connectivity index (χ1v) is 10.3. The number of aromatic nitrogens is 4. The standard InChI is InChI=1S/C23H22N4S/c1-17(2)19-9-6-10-20(14-19)22-25-26-23(27(22)21-11-4-3-5-12-21)28-16-18-8-7-13-24-15-18/h3-15,17H,16H2,1-2H3. The molecular formula is C23H22N4S. The van der Waals surface area contributed by atoms with E-state index in [-0.39, 0.29) is 0 Å². The van der Waals surface area contributed by atoms with Crippen molar-refractivity contribution in [2.24, 2.45) is 0 Å². The maximum Gasteiger partial charge on any atom is 0.196 e. The molecule has 0 saturated carbocycles. The van der Waals surface area contributed by atoms with E-state index in [1.54, 1.807) is 18.0 Å². The van der Waals surface area contributed by atoms with Gasteiger partial charge in [0.25, 0.3) is 0 Å². The van der Waals surface area contributed by atoms with Gasteiger partial charge in [-0.3, -0.25) is 9.55 Å². The molecule has 4 rings (SSSR count). The normalized spacial score (nSPS) is 11.1. The van der Waals surface area contributed by atoms with Crippen LogP contribution in [0.25, 0.3) is 17.1 Å². The fourth-order valence-electron chi connectivity index (χ4n) is 3.03. The predicted molar refractivity (Wildman–Crippen MR) is 115 cm³/mol. The number of para-hydroxylation sites is 1. The summed E-state index contributed by atoms with van der Waals surface area (Å²) in [4.78, 5) is 4.20. The van der Waals surface area contributed by atoms with E-state index < -0.39 is 0 Å².